The Labute approximate surface area is 217 Å². The Morgan fingerprint density at radius 2 is 1.30 bits per heavy atom. The van der Waals surface area contributed by atoms with Crippen LogP contribution in [0.4, 0.5) is 5.82 Å². The predicted molar refractivity (Wildman–Crippen MR) is 153 cm³/mol. The number of Topliss-reactive ketones (excluding diaryl/α,β-unsaturated/α-hetero) is 1. The summed E-state index contributed by atoms with van der Waals surface area (Å²) in [5, 5.41) is 0. The Morgan fingerprint density at radius 1 is 0.879 bits per heavy atom. The maximum atomic E-state index is 11.3. The molecular formula is C25H33Br2N3OSi2. The number of hydrogen-bond acceptors (Lipinski definition) is 4. The summed E-state index contributed by atoms with van der Waals surface area (Å²) in [6.07, 6.45) is 3.81. The van der Waals surface area contributed by atoms with Gasteiger partial charge >= 0.3 is 0 Å². The third-order valence-corrected chi connectivity index (χ3v) is 7.55. The van der Waals surface area contributed by atoms with Crippen LogP contribution in [0.5, 0.6) is 0 Å². The molecule has 0 spiro atoms. The van der Waals surface area contributed by atoms with Crippen molar-refractivity contribution in [1.82, 2.24) is 9.97 Å². The molecule has 0 saturated carbocycles. The second kappa shape index (κ2) is 12.1. The van der Waals surface area contributed by atoms with Crippen LogP contribution in [0.3, 0.4) is 0 Å². The average Bonchev–Trinajstić information content (AvgIpc) is 2.66. The van der Waals surface area contributed by atoms with E-state index in [1.807, 2.05) is 13.8 Å². The Bertz CT molecular complexity index is 1160. The molecule has 176 valence electrons. The number of ketones is 1. The van der Waals surface area contributed by atoms with Crippen LogP contribution in [0, 0.1) is 36.8 Å². The predicted octanol–water partition coefficient (Wildman–Crippen LogP) is 6.48. The second-order valence-electron chi connectivity index (χ2n) is 9.92. The summed E-state index contributed by atoms with van der Waals surface area (Å²) in [4.78, 5) is 19.7. The summed E-state index contributed by atoms with van der Waals surface area (Å²) in [5.41, 5.74) is 17.1. The van der Waals surface area contributed by atoms with Crippen molar-refractivity contribution in [3.05, 3.63) is 49.3 Å². The second-order valence-corrected chi connectivity index (χ2v) is 21.1. The van der Waals surface area contributed by atoms with E-state index < -0.39 is 16.1 Å². The maximum absolute atomic E-state index is 11.3. The zero-order valence-electron chi connectivity index (χ0n) is 21.0. The van der Waals surface area contributed by atoms with Crippen molar-refractivity contribution in [2.24, 2.45) is 0 Å². The highest BCUT2D eigenvalue weighted by Crippen LogP contribution is 2.22. The number of nitrogen functional groups attached to an aromatic ring is 1. The minimum absolute atomic E-state index is 0.111. The highest BCUT2D eigenvalue weighted by Gasteiger charge is 2.13. The minimum Gasteiger partial charge on any atom is -0.383 e. The fourth-order valence-corrected chi connectivity index (χ4v) is 4.03. The van der Waals surface area contributed by atoms with E-state index in [1.54, 1.807) is 19.3 Å². The summed E-state index contributed by atoms with van der Waals surface area (Å²) in [7, 11) is -2.80. The highest BCUT2D eigenvalue weighted by molar-refractivity contribution is 9.10. The van der Waals surface area contributed by atoms with Crippen molar-refractivity contribution in [2.75, 3.05) is 5.73 Å². The van der Waals surface area contributed by atoms with Crippen LogP contribution in [-0.2, 0) is 11.2 Å². The molecule has 0 bridgehead atoms. The van der Waals surface area contributed by atoms with Gasteiger partial charge in [0, 0.05) is 33.3 Å². The van der Waals surface area contributed by atoms with E-state index in [-0.39, 0.29) is 5.78 Å². The molecule has 2 aromatic rings. The molecule has 0 atom stereocenters. The number of nitrogens with zero attached hydrogens (tertiary/aromatic N) is 2. The van der Waals surface area contributed by atoms with Gasteiger partial charge in [-0.3, -0.25) is 9.78 Å². The van der Waals surface area contributed by atoms with Crippen LogP contribution >= 0.6 is 31.9 Å². The number of pyridine rings is 2. The van der Waals surface area contributed by atoms with Crippen molar-refractivity contribution in [3.63, 3.8) is 0 Å². The number of carbonyl (C=O) groups excluding carboxylic acids is 1. The topological polar surface area (TPSA) is 68.9 Å². The lowest BCUT2D eigenvalue weighted by Crippen LogP contribution is -2.16. The Kier molecular flexibility index (Phi) is 10.8. The lowest BCUT2D eigenvalue weighted by molar-refractivity contribution is -0.116. The van der Waals surface area contributed by atoms with E-state index in [0.29, 0.717) is 12.2 Å². The molecule has 0 fully saturated rings. The third kappa shape index (κ3) is 10.4. The normalized spacial score (nSPS) is 10.8. The molecule has 2 N–H and O–H groups in total. The van der Waals surface area contributed by atoms with Crippen molar-refractivity contribution < 1.29 is 4.79 Å². The number of aromatic nitrogens is 2. The zero-order chi connectivity index (χ0) is 25.6. The van der Waals surface area contributed by atoms with Gasteiger partial charge in [-0.15, -0.1) is 11.1 Å². The van der Waals surface area contributed by atoms with Crippen molar-refractivity contribution in [2.45, 2.75) is 66.5 Å². The van der Waals surface area contributed by atoms with Gasteiger partial charge in [-0.2, -0.15) is 0 Å². The van der Waals surface area contributed by atoms with E-state index in [9.17, 15) is 4.79 Å². The average molecular weight is 608 g/mol. The summed E-state index contributed by atoms with van der Waals surface area (Å²) >= 11 is 6.89. The first-order chi connectivity index (χ1) is 15.0. The minimum atomic E-state index is -1.43. The van der Waals surface area contributed by atoms with E-state index >= 15 is 0 Å². The Balaban J connectivity index is 0.000000335. The summed E-state index contributed by atoms with van der Waals surface area (Å²) in [6.45, 7) is 18.8. The summed E-state index contributed by atoms with van der Waals surface area (Å²) < 4.78 is 1.89. The number of carbonyl (C=O) groups is 1. The molecule has 2 heterocycles. The lowest BCUT2D eigenvalue weighted by atomic mass is 10.1. The quantitative estimate of drug-likeness (QED) is 0.314. The largest absolute Gasteiger partial charge is 0.383 e. The molecule has 2 aromatic heterocycles. The zero-order valence-corrected chi connectivity index (χ0v) is 26.2. The van der Waals surface area contributed by atoms with Crippen LogP contribution in [0.25, 0.3) is 0 Å². The molecule has 0 unspecified atom stereocenters. The molecule has 0 aliphatic carbocycles. The maximum Gasteiger partial charge on any atom is 0.139 e. The van der Waals surface area contributed by atoms with E-state index in [4.69, 9.17) is 5.73 Å². The van der Waals surface area contributed by atoms with E-state index in [2.05, 4.69) is 104 Å². The smallest absolute Gasteiger partial charge is 0.139 e. The van der Waals surface area contributed by atoms with Crippen LogP contribution in [0.2, 0.25) is 39.3 Å². The molecule has 0 amide bonds. The first-order valence-corrected chi connectivity index (χ1v) is 19.2. The van der Waals surface area contributed by atoms with Gasteiger partial charge in [0.1, 0.15) is 27.7 Å². The number of hydrogen-bond donors (Lipinski definition) is 1. The van der Waals surface area contributed by atoms with Gasteiger partial charge < -0.3 is 5.73 Å². The third-order valence-electron chi connectivity index (χ3n) is 4.20. The van der Waals surface area contributed by atoms with Crippen molar-refractivity contribution in [3.8, 4) is 22.9 Å². The molecule has 0 aromatic carbocycles. The molecule has 4 nitrogen and oxygen atoms in total. The molecule has 8 heteroatoms. The first-order valence-electron chi connectivity index (χ1n) is 10.6. The fraction of sp³-hybridized carbons (Fsp3) is 0.400. The molecule has 0 radical (unpaired) electrons. The van der Waals surface area contributed by atoms with Gasteiger partial charge in [-0.05, 0) is 63.8 Å². The van der Waals surface area contributed by atoms with Gasteiger partial charge in [-0.1, -0.05) is 51.1 Å². The fourth-order valence-electron chi connectivity index (χ4n) is 2.42. The molecule has 2 rings (SSSR count). The SMILES string of the molecule is CC(=O)Cc1ncc(Br)c(C)c1C#C[Si](C)(C)C.Cc1c(Br)cnc(N)c1C#C[Si](C)(C)C. The van der Waals surface area contributed by atoms with Crippen LogP contribution < -0.4 is 5.73 Å². The standard InChI is InChI=1S/C14H18BrNOSi.C11H15BrN2Si/c1-10(17)8-14-12(6-7-18(3,4)5)11(2)13(15)9-16-14;1-8-9(5-6-15(2,3)4)11(13)14-7-10(8)12/h9H,8H2,1-5H3;7H,1-4H3,(H2,13,14). The van der Waals surface area contributed by atoms with Gasteiger partial charge in [0.05, 0.1) is 11.3 Å². The molecular weight excluding hydrogens is 574 g/mol. The number of halogens is 2. The van der Waals surface area contributed by atoms with Crippen molar-refractivity contribution in [1.29, 1.82) is 0 Å². The molecule has 0 aliphatic rings. The number of nitrogens with two attached hydrogens (primary N) is 1. The number of rotatable bonds is 2. The molecule has 33 heavy (non-hydrogen) atoms. The number of anilines is 1. The van der Waals surface area contributed by atoms with Crippen LogP contribution in [-0.4, -0.2) is 31.9 Å². The molecule has 0 saturated heterocycles. The van der Waals surface area contributed by atoms with Crippen LogP contribution in [0.1, 0.15) is 34.9 Å². The Morgan fingerprint density at radius 3 is 1.76 bits per heavy atom. The lowest BCUT2D eigenvalue weighted by Gasteiger charge is -2.09. The summed E-state index contributed by atoms with van der Waals surface area (Å²) in [5.74, 6) is 7.02. The van der Waals surface area contributed by atoms with E-state index in [1.165, 1.54) is 0 Å². The Hall–Kier alpha value is -1.72. The first kappa shape index (κ1) is 29.3. The van der Waals surface area contributed by atoms with Crippen LogP contribution in [0.15, 0.2) is 21.3 Å². The van der Waals surface area contributed by atoms with Gasteiger partial charge in [0.2, 0.25) is 0 Å². The van der Waals surface area contributed by atoms with Gasteiger partial charge in [-0.25, -0.2) is 4.98 Å². The summed E-state index contributed by atoms with van der Waals surface area (Å²) in [6, 6.07) is 0. The highest BCUT2D eigenvalue weighted by atomic mass is 79.9. The van der Waals surface area contributed by atoms with Gasteiger partial charge in [0.15, 0.2) is 0 Å². The molecule has 0 aliphatic heterocycles. The van der Waals surface area contributed by atoms with E-state index in [0.717, 1.165) is 36.9 Å². The monoisotopic (exact) mass is 605 g/mol. The van der Waals surface area contributed by atoms with Crippen molar-refractivity contribution >= 4 is 59.6 Å². The van der Waals surface area contributed by atoms with Gasteiger partial charge in [0.25, 0.3) is 0 Å².